The van der Waals surface area contributed by atoms with E-state index in [1.165, 1.54) is 0 Å². The molecular formula is C25H41NO5. The minimum atomic E-state index is -0.787. The Morgan fingerprint density at radius 1 is 0.935 bits per heavy atom. The van der Waals surface area contributed by atoms with Crippen LogP contribution in [0.15, 0.2) is 18.2 Å². The smallest absolute Gasteiger partial charge is 0.317 e. The number of aliphatic hydroxyl groups is 1. The van der Waals surface area contributed by atoms with Crippen LogP contribution in [-0.2, 0) is 9.59 Å². The average Bonchev–Trinajstić information content (AvgIpc) is 2.67. The van der Waals surface area contributed by atoms with E-state index in [2.05, 4.69) is 5.32 Å². The van der Waals surface area contributed by atoms with Crippen molar-refractivity contribution >= 4 is 11.9 Å². The Kier molecular flexibility index (Phi) is 10.2. The fraction of sp³-hybridized carbons (Fsp3) is 0.680. The molecule has 31 heavy (non-hydrogen) atoms. The highest BCUT2D eigenvalue weighted by atomic mass is 16.6. The summed E-state index contributed by atoms with van der Waals surface area (Å²) in [6, 6.07) is 5.09. The van der Waals surface area contributed by atoms with Gasteiger partial charge in [0.2, 0.25) is 0 Å². The van der Waals surface area contributed by atoms with Crippen LogP contribution >= 0.6 is 0 Å². The molecule has 0 saturated heterocycles. The number of esters is 2. The first-order valence-corrected chi connectivity index (χ1v) is 11.3. The van der Waals surface area contributed by atoms with Crippen LogP contribution in [0.4, 0.5) is 0 Å². The molecule has 0 amide bonds. The first-order chi connectivity index (χ1) is 14.3. The predicted molar refractivity (Wildman–Crippen MR) is 123 cm³/mol. The van der Waals surface area contributed by atoms with Crippen molar-refractivity contribution in [3.8, 4) is 11.5 Å². The molecule has 0 aromatic heterocycles. The molecule has 0 aliphatic heterocycles. The van der Waals surface area contributed by atoms with E-state index in [9.17, 15) is 14.7 Å². The van der Waals surface area contributed by atoms with Crippen molar-refractivity contribution in [1.29, 1.82) is 0 Å². The lowest BCUT2D eigenvalue weighted by Gasteiger charge is -2.25. The quantitative estimate of drug-likeness (QED) is 0.347. The van der Waals surface area contributed by atoms with Crippen molar-refractivity contribution < 1.29 is 24.2 Å². The van der Waals surface area contributed by atoms with Crippen molar-refractivity contribution in [2.24, 2.45) is 10.8 Å². The molecule has 1 aromatic rings. The zero-order chi connectivity index (χ0) is 23.8. The molecule has 176 valence electrons. The molecule has 0 heterocycles. The van der Waals surface area contributed by atoms with Crippen molar-refractivity contribution in [1.82, 2.24) is 5.32 Å². The number of rotatable bonds is 12. The molecule has 1 atom stereocenters. The second-order valence-corrected chi connectivity index (χ2v) is 9.83. The monoisotopic (exact) mass is 435 g/mol. The Bertz CT molecular complexity index is 739. The largest absolute Gasteiger partial charge is 0.422 e. The normalized spacial score (nSPS) is 13.2. The Morgan fingerprint density at radius 2 is 1.42 bits per heavy atom. The van der Waals surface area contributed by atoms with Gasteiger partial charge >= 0.3 is 11.9 Å². The molecule has 0 saturated carbocycles. The summed E-state index contributed by atoms with van der Waals surface area (Å²) in [7, 11) is 0. The topological polar surface area (TPSA) is 84.9 Å². The van der Waals surface area contributed by atoms with E-state index in [1.807, 2.05) is 55.4 Å². The molecule has 0 spiro atoms. The number of carbonyl (C=O) groups is 2. The maximum Gasteiger partial charge on any atom is 0.317 e. The summed E-state index contributed by atoms with van der Waals surface area (Å²) in [5, 5.41) is 13.7. The fourth-order valence-corrected chi connectivity index (χ4v) is 3.29. The van der Waals surface area contributed by atoms with Crippen LogP contribution in [-0.4, -0.2) is 29.6 Å². The second-order valence-electron chi connectivity index (χ2n) is 9.83. The third kappa shape index (κ3) is 8.26. The van der Waals surface area contributed by atoms with Gasteiger partial charge in [0.25, 0.3) is 0 Å². The van der Waals surface area contributed by atoms with Gasteiger partial charge in [-0.1, -0.05) is 46.6 Å². The van der Waals surface area contributed by atoms with Crippen molar-refractivity contribution in [3.05, 3.63) is 23.8 Å². The first kappa shape index (κ1) is 27.1. The van der Waals surface area contributed by atoms with Gasteiger partial charge in [-0.2, -0.15) is 0 Å². The van der Waals surface area contributed by atoms with Crippen molar-refractivity contribution in [3.63, 3.8) is 0 Å². The Balaban J connectivity index is 3.23. The van der Waals surface area contributed by atoms with E-state index in [-0.39, 0.29) is 23.5 Å². The Morgan fingerprint density at radius 3 is 1.87 bits per heavy atom. The van der Waals surface area contributed by atoms with Gasteiger partial charge in [0.1, 0.15) is 0 Å². The van der Waals surface area contributed by atoms with Gasteiger partial charge in [0.15, 0.2) is 11.5 Å². The summed E-state index contributed by atoms with van der Waals surface area (Å²) in [6.45, 7) is 15.7. The zero-order valence-electron chi connectivity index (χ0n) is 20.5. The standard InChI is InChI=1S/C25H41NO5/c1-9-13-24(5,6)22(28)30-20-12-11-18(19(27)16-26-17(3)4)15-21(20)31-23(29)25(7,8)14-10-2/h11-12,15,17,19,26-27H,9-10,13-14,16H2,1-8H3. The number of nitrogens with one attached hydrogen (secondary N) is 1. The van der Waals surface area contributed by atoms with E-state index in [0.717, 1.165) is 12.8 Å². The summed E-state index contributed by atoms with van der Waals surface area (Å²) in [5.74, 6) is -0.445. The number of ether oxygens (including phenoxy) is 2. The van der Waals surface area contributed by atoms with Gasteiger partial charge in [0.05, 0.1) is 16.9 Å². The van der Waals surface area contributed by atoms with Crippen LogP contribution in [0.3, 0.4) is 0 Å². The highest BCUT2D eigenvalue weighted by Crippen LogP contribution is 2.35. The molecule has 0 fully saturated rings. The van der Waals surface area contributed by atoms with Gasteiger partial charge in [-0.25, -0.2) is 0 Å². The lowest BCUT2D eigenvalue weighted by Crippen LogP contribution is -2.31. The molecule has 1 unspecified atom stereocenters. The van der Waals surface area contributed by atoms with Gasteiger partial charge < -0.3 is 19.9 Å². The van der Waals surface area contributed by atoms with E-state index in [1.54, 1.807) is 18.2 Å². The van der Waals surface area contributed by atoms with E-state index in [4.69, 9.17) is 9.47 Å². The zero-order valence-corrected chi connectivity index (χ0v) is 20.5. The number of benzene rings is 1. The van der Waals surface area contributed by atoms with Crippen molar-refractivity contribution in [2.75, 3.05) is 6.54 Å². The van der Waals surface area contributed by atoms with Crippen LogP contribution in [0.1, 0.15) is 92.7 Å². The van der Waals surface area contributed by atoms with Crippen LogP contribution in [0, 0.1) is 10.8 Å². The summed E-state index contributed by atoms with van der Waals surface area (Å²) in [5.41, 5.74) is -0.751. The molecule has 0 radical (unpaired) electrons. The molecule has 2 N–H and O–H groups in total. The second kappa shape index (κ2) is 11.6. The third-order valence-electron chi connectivity index (χ3n) is 5.33. The molecule has 6 nitrogen and oxygen atoms in total. The Labute approximate surface area is 187 Å². The minimum absolute atomic E-state index is 0.149. The van der Waals surface area contributed by atoms with Gasteiger partial charge in [-0.05, 0) is 58.2 Å². The molecular weight excluding hydrogens is 394 g/mol. The third-order valence-corrected chi connectivity index (χ3v) is 5.33. The molecule has 0 aliphatic carbocycles. The van der Waals surface area contributed by atoms with Crippen molar-refractivity contribution in [2.45, 2.75) is 93.2 Å². The summed E-state index contributed by atoms with van der Waals surface area (Å²) >= 11 is 0. The summed E-state index contributed by atoms with van der Waals surface area (Å²) in [4.78, 5) is 25.6. The average molecular weight is 436 g/mol. The summed E-state index contributed by atoms with van der Waals surface area (Å²) < 4.78 is 11.4. The van der Waals surface area contributed by atoms with Crippen LogP contribution in [0.25, 0.3) is 0 Å². The first-order valence-electron chi connectivity index (χ1n) is 11.3. The number of hydrogen-bond acceptors (Lipinski definition) is 6. The minimum Gasteiger partial charge on any atom is -0.422 e. The summed E-state index contributed by atoms with van der Waals surface area (Å²) in [6.07, 6.45) is 2.26. The maximum atomic E-state index is 12.8. The lowest BCUT2D eigenvalue weighted by atomic mass is 9.88. The molecule has 1 aromatic carbocycles. The van der Waals surface area contributed by atoms with Crippen LogP contribution in [0.2, 0.25) is 0 Å². The predicted octanol–water partition coefficient (Wildman–Crippen LogP) is 5.18. The Hall–Kier alpha value is -1.92. The number of carbonyl (C=O) groups excluding carboxylic acids is 2. The van der Waals surface area contributed by atoms with Gasteiger partial charge in [0, 0.05) is 12.6 Å². The fourth-order valence-electron chi connectivity index (χ4n) is 3.29. The molecule has 1 rings (SSSR count). The van der Waals surface area contributed by atoms with E-state index < -0.39 is 22.9 Å². The van der Waals surface area contributed by atoms with Crippen LogP contribution < -0.4 is 14.8 Å². The highest BCUT2D eigenvalue weighted by Gasteiger charge is 2.32. The molecule has 0 bridgehead atoms. The number of aliphatic hydroxyl groups excluding tert-OH is 1. The molecule has 0 aliphatic rings. The number of hydrogen-bond donors (Lipinski definition) is 2. The lowest BCUT2D eigenvalue weighted by molar-refractivity contribution is -0.147. The van der Waals surface area contributed by atoms with E-state index in [0.29, 0.717) is 24.9 Å². The SMILES string of the molecule is CCCC(C)(C)C(=O)Oc1ccc(C(O)CNC(C)C)cc1OC(=O)C(C)(C)CCC. The van der Waals surface area contributed by atoms with Gasteiger partial charge in [-0.3, -0.25) is 9.59 Å². The van der Waals surface area contributed by atoms with E-state index >= 15 is 0 Å². The maximum absolute atomic E-state index is 12.8. The van der Waals surface area contributed by atoms with Crippen LogP contribution in [0.5, 0.6) is 11.5 Å². The van der Waals surface area contributed by atoms with Gasteiger partial charge in [-0.15, -0.1) is 0 Å². The molecule has 6 heteroatoms. The highest BCUT2D eigenvalue weighted by molar-refractivity contribution is 5.81.